The van der Waals surface area contributed by atoms with Gasteiger partial charge >= 0.3 is 5.97 Å². The molecule has 740 valence electrons. The summed E-state index contributed by atoms with van der Waals surface area (Å²) in [4.78, 5) is 65.8. The largest absolute Gasteiger partial charge is 0.477 e. The van der Waals surface area contributed by atoms with Crippen molar-refractivity contribution in [2.75, 3.05) is 46.2 Å². The fraction of sp³-hybridized carbons (Fsp3) is 0.920. The average Bonchev–Trinajstić information content (AvgIpc) is 0.729. The molecule has 33 atom stereocenters. The van der Waals surface area contributed by atoms with Crippen molar-refractivity contribution in [3.05, 3.63) is 12.2 Å². The lowest BCUT2D eigenvalue weighted by molar-refractivity contribution is -0.400. The van der Waals surface area contributed by atoms with Gasteiger partial charge in [0, 0.05) is 33.6 Å². The molecule has 0 saturated carbocycles. The van der Waals surface area contributed by atoms with E-state index in [0.717, 1.165) is 72.1 Å². The summed E-state index contributed by atoms with van der Waals surface area (Å²) in [5.74, 6) is -8.69. The van der Waals surface area contributed by atoms with Crippen molar-refractivity contribution in [3.63, 3.8) is 0 Å². The first-order chi connectivity index (χ1) is 60.9. The number of allylic oxidation sites excluding steroid dienone is 1. The third-order valence-corrected chi connectivity index (χ3v) is 24.6. The van der Waals surface area contributed by atoms with Crippen LogP contribution in [-0.4, -0.2) is 375 Å². The van der Waals surface area contributed by atoms with E-state index < -0.39 is 278 Å². The summed E-state index contributed by atoms with van der Waals surface area (Å²) < 4.78 is 72.4. The van der Waals surface area contributed by atoms with E-state index in [9.17, 15) is 121 Å². The van der Waals surface area contributed by atoms with E-state index in [-0.39, 0.29) is 12.3 Å². The minimum atomic E-state index is -3.41. The number of ether oxygens (including phenoxy) is 12. The molecule has 0 aromatic carbocycles. The summed E-state index contributed by atoms with van der Waals surface area (Å²) in [6.45, 7) is 0.104. The minimum Gasteiger partial charge on any atom is -0.477 e. The number of carboxylic acid groups (broad SMARTS) is 1. The Morgan fingerprint density at radius 1 is 0.409 bits per heavy atom. The first kappa shape index (κ1) is 112. The highest BCUT2D eigenvalue weighted by Crippen LogP contribution is 2.42. The summed E-state index contributed by atoms with van der Waals surface area (Å²) in [6.07, 6.45) is -16.9. The molecule has 6 fully saturated rings. The van der Waals surface area contributed by atoms with Gasteiger partial charge in [0.2, 0.25) is 23.6 Å². The monoisotopic (exact) mass is 1830 g/mol. The van der Waals surface area contributed by atoms with Gasteiger partial charge in [0.25, 0.3) is 5.79 Å². The minimum absolute atomic E-state index is 0.157. The molecular formula is C87H156N4O36. The number of hydrogen-bond donors (Lipinski definition) is 23. The second-order valence-electron chi connectivity index (χ2n) is 34.9. The number of aliphatic hydroxyl groups is 18. The zero-order valence-electron chi connectivity index (χ0n) is 74.8. The van der Waals surface area contributed by atoms with Crippen molar-refractivity contribution in [2.45, 2.75) is 461 Å². The van der Waals surface area contributed by atoms with Crippen molar-refractivity contribution < 1.29 is 178 Å². The van der Waals surface area contributed by atoms with Gasteiger partial charge in [0.15, 0.2) is 31.5 Å². The van der Waals surface area contributed by atoms with Crippen LogP contribution in [0.2, 0.25) is 0 Å². The third kappa shape index (κ3) is 35.0. The van der Waals surface area contributed by atoms with Crippen LogP contribution in [0.4, 0.5) is 0 Å². The molecule has 0 bridgehead atoms. The summed E-state index contributed by atoms with van der Waals surface area (Å²) in [5, 5.41) is 224. The van der Waals surface area contributed by atoms with E-state index >= 15 is 0 Å². The molecule has 40 heteroatoms. The molecule has 0 aromatic heterocycles. The van der Waals surface area contributed by atoms with Crippen molar-refractivity contribution in [1.29, 1.82) is 0 Å². The number of aliphatic hydroxyl groups excluding tert-OH is 18. The third-order valence-electron chi connectivity index (χ3n) is 24.6. The number of aliphatic carboxylic acids is 1. The van der Waals surface area contributed by atoms with Crippen LogP contribution in [0.5, 0.6) is 0 Å². The Bertz CT molecular complexity index is 3070. The van der Waals surface area contributed by atoms with E-state index in [4.69, 9.17) is 56.8 Å². The topological polar surface area (TPSA) is 629 Å². The van der Waals surface area contributed by atoms with Crippen LogP contribution in [0.15, 0.2) is 12.2 Å². The van der Waals surface area contributed by atoms with E-state index in [1.807, 2.05) is 6.08 Å². The zero-order valence-corrected chi connectivity index (χ0v) is 74.8. The number of rotatable bonds is 62. The number of unbranched alkanes of at least 4 members (excludes halogenated alkanes) is 31. The highest BCUT2D eigenvalue weighted by Gasteiger charge is 2.63. The van der Waals surface area contributed by atoms with Crippen molar-refractivity contribution in [2.24, 2.45) is 0 Å². The molecular weight excluding hydrogens is 1680 g/mol. The Hall–Kier alpha value is -4.11. The Kier molecular flexibility index (Phi) is 52.4. The van der Waals surface area contributed by atoms with E-state index in [1.54, 1.807) is 6.08 Å². The van der Waals surface area contributed by atoms with E-state index in [1.165, 1.54) is 148 Å². The maximum absolute atomic E-state index is 13.8. The first-order valence-corrected chi connectivity index (χ1v) is 46.6. The standard InChI is InChI=1S/C87H156N4O36/c1-6-8-10-12-14-16-18-20-21-22-23-24-25-26-27-29-31-33-35-37-39-41-62(104)91-53(54(101)40-38-36-34-32-30-28-19-17-15-13-11-9-7-2)49-116-83-72(111)70(109)76(59(46-95)119-83)123-84-73(112)71(110)75(60(47-96)120-84)122-82-65(90-52(5)100)78(68(107)58(45-94)118-82)125-85-74(113)80(77(61(48-97)121-85)124-81-64(89-51(4)99)69(108)67(106)57(44-93)117-81)127-87(86(114)115)42-55(102)63(88-50(3)98)79(126-87)66(105)56(103)43-92/h38,40,53-61,63-85,92-97,101-103,105-113H,6-37,39,41-49H2,1-5H3,(H,88,98)(H,89,99)(H,90,100)(H,91,104)(H,114,115)/b40-38+/t53-,54+,55?,56+,57?,58?,59?,60?,61?,63+,64?,65?,66+,67-,68-,69+,70+,71+,72?,73?,74?,75-,76+,77-,78+,79?,80+,81-,82-,83+,84-,85-,87-/m0/s1. The molecule has 6 heterocycles. The van der Waals surface area contributed by atoms with E-state index in [0.29, 0.717) is 12.8 Å². The van der Waals surface area contributed by atoms with Crippen LogP contribution in [0.1, 0.15) is 259 Å². The lowest BCUT2D eigenvalue weighted by Crippen LogP contribution is -2.72. The predicted molar refractivity (Wildman–Crippen MR) is 450 cm³/mol. The van der Waals surface area contributed by atoms with Gasteiger partial charge in [-0.15, -0.1) is 0 Å². The van der Waals surface area contributed by atoms with Crippen LogP contribution in [-0.2, 0) is 80.8 Å². The van der Waals surface area contributed by atoms with Crippen LogP contribution in [0.3, 0.4) is 0 Å². The molecule has 0 spiro atoms. The van der Waals surface area contributed by atoms with Crippen LogP contribution in [0, 0.1) is 0 Å². The molecule has 4 amide bonds. The maximum Gasteiger partial charge on any atom is 0.364 e. The number of nitrogens with one attached hydrogen (secondary N) is 4. The van der Waals surface area contributed by atoms with E-state index in [2.05, 4.69) is 35.1 Å². The molecule has 6 rings (SSSR count). The van der Waals surface area contributed by atoms with Crippen molar-refractivity contribution in [1.82, 2.24) is 21.3 Å². The van der Waals surface area contributed by atoms with Gasteiger partial charge in [-0.3, -0.25) is 19.2 Å². The highest BCUT2D eigenvalue weighted by atomic mass is 16.8. The van der Waals surface area contributed by atoms with Crippen LogP contribution < -0.4 is 21.3 Å². The fourth-order valence-electron chi connectivity index (χ4n) is 17.3. The van der Waals surface area contributed by atoms with Gasteiger partial charge in [0.05, 0.1) is 70.5 Å². The molecule has 6 aliphatic rings. The van der Waals surface area contributed by atoms with Crippen molar-refractivity contribution in [3.8, 4) is 0 Å². The maximum atomic E-state index is 13.8. The lowest BCUT2D eigenvalue weighted by atomic mass is 9.88. The molecule has 12 unspecified atom stereocenters. The summed E-state index contributed by atoms with van der Waals surface area (Å²) in [6, 6.07) is -6.69. The molecule has 6 saturated heterocycles. The number of amides is 4. The van der Waals surface area contributed by atoms with Gasteiger partial charge in [-0.1, -0.05) is 219 Å². The van der Waals surface area contributed by atoms with Gasteiger partial charge in [-0.25, -0.2) is 4.79 Å². The number of hydrogen-bond acceptors (Lipinski definition) is 35. The van der Waals surface area contributed by atoms with Gasteiger partial charge < -0.3 is 175 Å². The Morgan fingerprint density at radius 2 is 0.787 bits per heavy atom. The smallest absolute Gasteiger partial charge is 0.364 e. The number of carbonyl (C=O) groups is 5. The second-order valence-corrected chi connectivity index (χ2v) is 34.9. The Labute approximate surface area is 745 Å². The molecule has 0 aromatic rings. The molecule has 40 nitrogen and oxygen atoms in total. The zero-order chi connectivity index (χ0) is 93.3. The lowest BCUT2D eigenvalue weighted by Gasteiger charge is -2.53. The van der Waals surface area contributed by atoms with Crippen LogP contribution in [0.25, 0.3) is 0 Å². The first-order valence-electron chi connectivity index (χ1n) is 46.6. The summed E-state index contributed by atoms with van der Waals surface area (Å²) in [7, 11) is 0. The van der Waals surface area contributed by atoms with Crippen molar-refractivity contribution >= 4 is 29.6 Å². The molecule has 0 radical (unpaired) electrons. The SMILES string of the molecule is CCCCCCCCCCCCC/C=C/[C@@H](O)[C@H](CO[C@@H]1OC(CO)[C@@H](O[C@@H]2OC(CO)[C@H](O[C@@H]3OC(CO)[C@H](O)[C@H](O[C@@H]4OC(CO)[C@H](O[C@@H]5OC(CO)[C@H](O)[C@H](O)C5NC(C)=O)[C@H](O[C@]5(C(=O)O)CC(O)[C@@H](NC(C)=O)C([C@H](O)[C@H](O)CO)O5)C4O)C3NC(C)=O)[C@H](O)C2O)[C@H](O)C1O)NC(=O)CCCCCCCCCCCCCCCCCCCCCCC. The second kappa shape index (κ2) is 59.6. The number of carbonyl (C=O) groups excluding carboxylic acids is 4. The molecule has 0 aliphatic carbocycles. The van der Waals surface area contributed by atoms with Gasteiger partial charge in [-0.05, 0) is 19.3 Å². The summed E-state index contributed by atoms with van der Waals surface area (Å²) >= 11 is 0. The fourth-order valence-corrected chi connectivity index (χ4v) is 17.3. The quantitative estimate of drug-likeness (QED) is 0.0264. The average molecular weight is 1830 g/mol. The Balaban J connectivity index is 1.14. The normalized spacial score (nSPS) is 34.6. The molecule has 6 aliphatic heterocycles. The summed E-state index contributed by atoms with van der Waals surface area (Å²) in [5.41, 5.74) is 0. The predicted octanol–water partition coefficient (Wildman–Crippen LogP) is -0.734. The molecule has 23 N–H and O–H groups in total. The van der Waals surface area contributed by atoms with Gasteiger partial charge in [-0.2, -0.15) is 0 Å². The molecule has 127 heavy (non-hydrogen) atoms. The van der Waals surface area contributed by atoms with Crippen LogP contribution >= 0.6 is 0 Å². The van der Waals surface area contributed by atoms with Gasteiger partial charge in [0.1, 0.15) is 140 Å². The highest BCUT2D eigenvalue weighted by molar-refractivity contribution is 5.77. The Morgan fingerprint density at radius 3 is 1.24 bits per heavy atom. The number of carboxylic acids is 1.